The second-order valence-electron chi connectivity index (χ2n) is 6.33. The van der Waals surface area contributed by atoms with Crippen LogP contribution in [0, 0.1) is 23.2 Å². The number of aliphatic hydroxyl groups excluding tert-OH is 1. The fourth-order valence-corrected chi connectivity index (χ4v) is 3.67. The molecule has 1 saturated heterocycles. The van der Waals surface area contributed by atoms with E-state index in [-0.39, 0.29) is 18.2 Å². The van der Waals surface area contributed by atoms with Gasteiger partial charge in [0.15, 0.2) is 11.8 Å². The van der Waals surface area contributed by atoms with E-state index in [1.165, 1.54) is 6.07 Å². The van der Waals surface area contributed by atoms with Crippen molar-refractivity contribution >= 4 is 5.69 Å². The average molecular weight is 365 g/mol. The number of fused-ring (bicyclic) bond motifs is 1. The van der Waals surface area contributed by atoms with Gasteiger partial charge in [0.25, 0.3) is 0 Å². The summed E-state index contributed by atoms with van der Waals surface area (Å²) in [6.07, 6.45) is -10.3. The van der Waals surface area contributed by atoms with Crippen molar-refractivity contribution < 1.29 is 31.4 Å². The zero-order chi connectivity index (χ0) is 18.6. The van der Waals surface area contributed by atoms with Gasteiger partial charge in [-0.3, -0.25) is 0 Å². The molecular formula is C15H13F6N3O. The molecule has 1 aromatic heterocycles. The smallest absolute Gasteiger partial charge is 0.382 e. The molecule has 0 amide bonds. The van der Waals surface area contributed by atoms with Crippen molar-refractivity contribution in [1.29, 1.82) is 5.26 Å². The first-order valence-corrected chi connectivity index (χ1v) is 7.52. The van der Waals surface area contributed by atoms with E-state index in [0.29, 0.717) is 18.9 Å². The van der Waals surface area contributed by atoms with Gasteiger partial charge < -0.3 is 10.0 Å². The lowest BCUT2D eigenvalue weighted by Crippen LogP contribution is -2.51. The van der Waals surface area contributed by atoms with Crippen LogP contribution in [0.4, 0.5) is 32.0 Å². The van der Waals surface area contributed by atoms with Gasteiger partial charge in [0, 0.05) is 6.54 Å². The number of aromatic nitrogens is 1. The van der Waals surface area contributed by atoms with Crippen LogP contribution < -0.4 is 4.90 Å². The van der Waals surface area contributed by atoms with E-state index >= 15 is 0 Å². The number of nitrogens with zero attached hydrogens (tertiary/aromatic N) is 3. The molecule has 0 bridgehead atoms. The molecule has 1 aliphatic heterocycles. The topological polar surface area (TPSA) is 60.2 Å². The Bertz CT molecular complexity index is 711. The highest BCUT2D eigenvalue weighted by Gasteiger charge is 2.56. The molecule has 1 N–H and O–H groups in total. The first-order chi connectivity index (χ1) is 11.5. The number of alkyl halides is 6. The van der Waals surface area contributed by atoms with Gasteiger partial charge in [-0.2, -0.15) is 31.6 Å². The number of hydrogen-bond acceptors (Lipinski definition) is 4. The zero-order valence-electron chi connectivity index (χ0n) is 12.6. The second kappa shape index (κ2) is 5.76. The van der Waals surface area contributed by atoms with Gasteiger partial charge in [-0.1, -0.05) is 0 Å². The van der Waals surface area contributed by atoms with E-state index in [2.05, 4.69) is 4.98 Å². The number of aliphatic hydroxyl groups is 1. The van der Waals surface area contributed by atoms with Gasteiger partial charge in [-0.05, 0) is 30.7 Å². The van der Waals surface area contributed by atoms with E-state index in [1.807, 2.05) is 0 Å². The van der Waals surface area contributed by atoms with Crippen LogP contribution in [-0.2, 0) is 6.18 Å². The van der Waals surface area contributed by atoms with Crippen molar-refractivity contribution in [3.63, 3.8) is 0 Å². The zero-order valence-corrected chi connectivity index (χ0v) is 12.6. The minimum absolute atomic E-state index is 0.105. The highest BCUT2D eigenvalue weighted by atomic mass is 19.4. The first-order valence-electron chi connectivity index (χ1n) is 7.52. The van der Waals surface area contributed by atoms with Gasteiger partial charge in [0.1, 0.15) is 6.07 Å². The highest BCUT2D eigenvalue weighted by molar-refractivity contribution is 5.53. The monoisotopic (exact) mass is 365 g/mol. The van der Waals surface area contributed by atoms with Crippen molar-refractivity contribution in [3.8, 4) is 6.07 Å². The Morgan fingerprint density at radius 3 is 2.40 bits per heavy atom. The number of pyridine rings is 1. The summed E-state index contributed by atoms with van der Waals surface area (Å²) in [5.41, 5.74) is -2.31. The summed E-state index contributed by atoms with van der Waals surface area (Å²) in [4.78, 5) is 4.59. The van der Waals surface area contributed by atoms with E-state index in [0.717, 1.165) is 11.1 Å². The molecule has 136 valence electrons. The van der Waals surface area contributed by atoms with Crippen LogP contribution in [0.25, 0.3) is 0 Å². The molecule has 1 saturated carbocycles. The van der Waals surface area contributed by atoms with Gasteiger partial charge >= 0.3 is 12.4 Å². The summed E-state index contributed by atoms with van der Waals surface area (Å²) in [5, 5.41) is 18.5. The maximum absolute atomic E-state index is 13.1. The van der Waals surface area contributed by atoms with E-state index in [9.17, 15) is 31.4 Å². The van der Waals surface area contributed by atoms with Gasteiger partial charge in [0.05, 0.1) is 23.5 Å². The molecule has 4 nitrogen and oxygen atoms in total. The fourth-order valence-electron chi connectivity index (χ4n) is 3.67. The Morgan fingerprint density at radius 1 is 1.24 bits per heavy atom. The molecule has 1 aromatic rings. The van der Waals surface area contributed by atoms with E-state index in [4.69, 9.17) is 5.26 Å². The minimum atomic E-state index is -4.87. The molecule has 0 aromatic carbocycles. The highest BCUT2D eigenvalue weighted by Crippen LogP contribution is 2.49. The van der Waals surface area contributed by atoms with Crippen LogP contribution in [0.2, 0.25) is 0 Å². The Balaban J connectivity index is 2.01. The average Bonchev–Trinajstić information content (AvgIpc) is 2.75. The van der Waals surface area contributed by atoms with Crippen molar-refractivity contribution in [2.45, 2.75) is 37.3 Å². The number of halogens is 6. The lowest BCUT2D eigenvalue weighted by atomic mass is 9.72. The van der Waals surface area contributed by atoms with Crippen molar-refractivity contribution in [2.24, 2.45) is 11.8 Å². The molecule has 3 rings (SSSR count). The second-order valence-corrected chi connectivity index (χ2v) is 6.33. The lowest BCUT2D eigenvalue weighted by molar-refractivity contribution is -0.214. The third-order valence-corrected chi connectivity index (χ3v) is 4.98. The molecule has 0 unspecified atom stereocenters. The van der Waals surface area contributed by atoms with E-state index in [1.54, 1.807) is 0 Å². The number of anilines is 1. The van der Waals surface area contributed by atoms with Crippen LogP contribution in [0.15, 0.2) is 12.3 Å². The molecule has 4 atom stereocenters. The molecular weight excluding hydrogens is 352 g/mol. The number of rotatable bonds is 2. The standard InChI is InChI=1S/C15H13F6N3O/c16-14(17,18)10-3-8(5-23-11(10)4-22)24-6-7-1-2-9(7)12(24)13(25)15(19,20)21/h3,5,7,9,12-13,25H,1-2,6H2/t7-,9-,12+,13-/m0/s1. The Kier molecular flexibility index (Phi) is 4.10. The molecule has 1 aliphatic carbocycles. The predicted molar refractivity (Wildman–Crippen MR) is 73.4 cm³/mol. The van der Waals surface area contributed by atoms with Gasteiger partial charge in [-0.25, -0.2) is 4.98 Å². The molecule has 10 heteroatoms. The summed E-state index contributed by atoms with van der Waals surface area (Å²) in [7, 11) is 0. The first kappa shape index (κ1) is 17.8. The lowest BCUT2D eigenvalue weighted by Gasteiger charge is -2.37. The molecule has 2 heterocycles. The van der Waals surface area contributed by atoms with Crippen LogP contribution in [-0.4, -0.2) is 35.0 Å². The summed E-state index contributed by atoms with van der Waals surface area (Å²) in [6.45, 7) is 0.118. The molecule has 2 aliphatic rings. The number of nitriles is 1. The Morgan fingerprint density at radius 2 is 1.92 bits per heavy atom. The Hall–Kier alpha value is -2.02. The predicted octanol–water partition coefficient (Wildman–Crippen LogP) is 3.11. The minimum Gasteiger partial charge on any atom is -0.382 e. The summed E-state index contributed by atoms with van der Waals surface area (Å²) in [6, 6.07) is 0.608. The molecule has 2 fully saturated rings. The van der Waals surface area contributed by atoms with Crippen molar-refractivity contribution in [1.82, 2.24) is 4.98 Å². The Labute approximate surface area is 138 Å². The van der Waals surface area contributed by atoms with Gasteiger partial charge in [0.2, 0.25) is 0 Å². The van der Waals surface area contributed by atoms with Crippen molar-refractivity contribution in [2.75, 3.05) is 11.4 Å². The van der Waals surface area contributed by atoms with Crippen LogP contribution in [0.5, 0.6) is 0 Å². The van der Waals surface area contributed by atoms with Crippen LogP contribution in [0.3, 0.4) is 0 Å². The molecule has 25 heavy (non-hydrogen) atoms. The fraction of sp³-hybridized carbons (Fsp3) is 0.600. The largest absolute Gasteiger partial charge is 0.419 e. The maximum Gasteiger partial charge on any atom is 0.419 e. The summed E-state index contributed by atoms with van der Waals surface area (Å²) >= 11 is 0. The van der Waals surface area contributed by atoms with Crippen LogP contribution in [0.1, 0.15) is 24.1 Å². The summed E-state index contributed by atoms with van der Waals surface area (Å²) < 4.78 is 78.2. The third kappa shape index (κ3) is 3.01. The van der Waals surface area contributed by atoms with Crippen molar-refractivity contribution in [3.05, 3.63) is 23.5 Å². The van der Waals surface area contributed by atoms with Crippen LogP contribution >= 0.6 is 0 Å². The normalized spacial score (nSPS) is 27.4. The quantitative estimate of drug-likeness (QED) is 0.819. The summed E-state index contributed by atoms with van der Waals surface area (Å²) in [5.74, 6) is -0.534. The molecule has 0 spiro atoms. The maximum atomic E-state index is 13.1. The number of hydrogen-bond donors (Lipinski definition) is 1. The SMILES string of the molecule is N#Cc1ncc(N2C[C@@H]3CC[C@@H]3[C@@H]2[C@H](O)C(F)(F)F)cc1C(F)(F)F. The van der Waals surface area contributed by atoms with E-state index < -0.39 is 41.7 Å². The third-order valence-electron chi connectivity index (χ3n) is 4.98. The van der Waals surface area contributed by atoms with Gasteiger partial charge in [-0.15, -0.1) is 0 Å². The molecule has 0 radical (unpaired) electrons.